The summed E-state index contributed by atoms with van der Waals surface area (Å²) in [7, 11) is 1.94. The molecular weight excluding hydrogens is 262 g/mol. The number of fused-ring (bicyclic) bond motifs is 1. The van der Waals surface area contributed by atoms with Crippen LogP contribution in [0.3, 0.4) is 0 Å². The largest absolute Gasteiger partial charge is 0.492 e. The number of benzene rings is 2. The first-order chi connectivity index (χ1) is 10.4. The standard InChI is InChI=1S/C17H19N3O/c1-18-12-14-6-8-16(9-7-14)21-11-10-20-17-5-3-2-4-15(17)13-19-20/h2-9,13,18H,10-12H2,1H3. The van der Waals surface area contributed by atoms with Gasteiger partial charge in [0.25, 0.3) is 0 Å². The van der Waals surface area contributed by atoms with Crippen LogP contribution in [0.2, 0.25) is 0 Å². The van der Waals surface area contributed by atoms with Crippen molar-refractivity contribution in [2.45, 2.75) is 13.1 Å². The molecule has 1 N–H and O–H groups in total. The van der Waals surface area contributed by atoms with Crippen LogP contribution in [-0.2, 0) is 13.1 Å². The first-order valence-electron chi connectivity index (χ1n) is 7.14. The zero-order valence-electron chi connectivity index (χ0n) is 12.1. The van der Waals surface area contributed by atoms with Gasteiger partial charge < -0.3 is 10.1 Å². The lowest BCUT2D eigenvalue weighted by Crippen LogP contribution is -2.09. The third kappa shape index (κ3) is 3.23. The van der Waals surface area contributed by atoms with Crippen molar-refractivity contribution in [2.24, 2.45) is 0 Å². The van der Waals surface area contributed by atoms with Crippen LogP contribution in [0.1, 0.15) is 5.56 Å². The lowest BCUT2D eigenvalue weighted by molar-refractivity contribution is 0.293. The van der Waals surface area contributed by atoms with E-state index in [9.17, 15) is 0 Å². The maximum Gasteiger partial charge on any atom is 0.119 e. The van der Waals surface area contributed by atoms with E-state index in [1.54, 1.807) is 0 Å². The normalized spacial score (nSPS) is 10.9. The summed E-state index contributed by atoms with van der Waals surface area (Å²) in [4.78, 5) is 0. The monoisotopic (exact) mass is 281 g/mol. The molecule has 21 heavy (non-hydrogen) atoms. The Balaban J connectivity index is 1.58. The van der Waals surface area contributed by atoms with Gasteiger partial charge in [-0.25, -0.2) is 0 Å². The van der Waals surface area contributed by atoms with Crippen LogP contribution in [0.5, 0.6) is 5.75 Å². The van der Waals surface area contributed by atoms with Gasteiger partial charge in [0.1, 0.15) is 12.4 Å². The molecule has 0 aliphatic rings. The quantitative estimate of drug-likeness (QED) is 0.755. The molecule has 0 radical (unpaired) electrons. The van der Waals surface area contributed by atoms with E-state index >= 15 is 0 Å². The molecule has 0 amide bonds. The molecule has 0 bridgehead atoms. The van der Waals surface area contributed by atoms with E-state index < -0.39 is 0 Å². The molecule has 1 heterocycles. The van der Waals surface area contributed by atoms with Crippen molar-refractivity contribution in [3.05, 3.63) is 60.3 Å². The summed E-state index contributed by atoms with van der Waals surface area (Å²) in [5.41, 5.74) is 2.40. The molecule has 108 valence electrons. The number of hydrogen-bond donors (Lipinski definition) is 1. The van der Waals surface area contributed by atoms with E-state index in [4.69, 9.17) is 4.74 Å². The molecule has 0 fully saturated rings. The minimum absolute atomic E-state index is 0.608. The first-order valence-corrected chi connectivity index (χ1v) is 7.14. The second kappa shape index (κ2) is 6.41. The number of para-hydroxylation sites is 1. The highest BCUT2D eigenvalue weighted by molar-refractivity contribution is 5.78. The average Bonchev–Trinajstić information content (AvgIpc) is 2.93. The van der Waals surface area contributed by atoms with E-state index in [0.29, 0.717) is 6.61 Å². The number of rotatable bonds is 6. The Morgan fingerprint density at radius 3 is 2.71 bits per heavy atom. The second-order valence-electron chi connectivity index (χ2n) is 4.95. The average molecular weight is 281 g/mol. The number of ether oxygens (including phenoxy) is 1. The van der Waals surface area contributed by atoms with Gasteiger partial charge in [-0.1, -0.05) is 30.3 Å². The summed E-state index contributed by atoms with van der Waals surface area (Å²) in [6.07, 6.45) is 1.89. The maximum absolute atomic E-state index is 5.78. The molecule has 0 atom stereocenters. The number of hydrogen-bond acceptors (Lipinski definition) is 3. The van der Waals surface area contributed by atoms with Crippen molar-refractivity contribution < 1.29 is 4.74 Å². The van der Waals surface area contributed by atoms with Crippen LogP contribution in [0.15, 0.2) is 54.7 Å². The van der Waals surface area contributed by atoms with Gasteiger partial charge in [-0.15, -0.1) is 0 Å². The summed E-state index contributed by atoms with van der Waals surface area (Å²) < 4.78 is 7.76. The van der Waals surface area contributed by atoms with E-state index in [1.165, 1.54) is 5.56 Å². The molecule has 2 aromatic carbocycles. The molecule has 4 nitrogen and oxygen atoms in total. The van der Waals surface area contributed by atoms with Crippen LogP contribution in [-0.4, -0.2) is 23.4 Å². The van der Waals surface area contributed by atoms with Crippen LogP contribution in [0.25, 0.3) is 10.9 Å². The zero-order valence-corrected chi connectivity index (χ0v) is 12.1. The summed E-state index contributed by atoms with van der Waals surface area (Å²) in [5.74, 6) is 0.895. The SMILES string of the molecule is CNCc1ccc(OCCn2ncc3ccccc32)cc1. The smallest absolute Gasteiger partial charge is 0.119 e. The molecule has 0 saturated heterocycles. The third-order valence-electron chi connectivity index (χ3n) is 3.43. The first kappa shape index (κ1) is 13.6. The van der Waals surface area contributed by atoms with Gasteiger partial charge in [0.2, 0.25) is 0 Å². The highest BCUT2D eigenvalue weighted by Gasteiger charge is 2.01. The van der Waals surface area contributed by atoms with Gasteiger partial charge in [0.15, 0.2) is 0 Å². The Morgan fingerprint density at radius 2 is 1.90 bits per heavy atom. The number of aromatic nitrogens is 2. The molecule has 0 saturated carbocycles. The fraction of sp³-hybridized carbons (Fsp3) is 0.235. The van der Waals surface area contributed by atoms with Gasteiger partial charge in [-0.05, 0) is 30.8 Å². The predicted molar refractivity (Wildman–Crippen MR) is 84.4 cm³/mol. The van der Waals surface area contributed by atoms with Crippen LogP contribution >= 0.6 is 0 Å². The van der Waals surface area contributed by atoms with E-state index in [-0.39, 0.29) is 0 Å². The number of nitrogens with one attached hydrogen (secondary N) is 1. The molecular formula is C17H19N3O. The second-order valence-corrected chi connectivity index (χ2v) is 4.95. The molecule has 3 aromatic rings. The van der Waals surface area contributed by atoms with E-state index in [2.05, 4.69) is 34.7 Å². The molecule has 0 unspecified atom stereocenters. The third-order valence-corrected chi connectivity index (χ3v) is 3.43. The summed E-state index contributed by atoms with van der Waals surface area (Å²) in [6, 6.07) is 16.4. The molecule has 1 aromatic heterocycles. The van der Waals surface area contributed by atoms with Crippen molar-refractivity contribution in [1.82, 2.24) is 15.1 Å². The van der Waals surface area contributed by atoms with Crippen molar-refractivity contribution in [3.8, 4) is 5.75 Å². The fourth-order valence-electron chi connectivity index (χ4n) is 2.36. The van der Waals surface area contributed by atoms with Crippen molar-refractivity contribution in [2.75, 3.05) is 13.7 Å². The highest BCUT2D eigenvalue weighted by Crippen LogP contribution is 2.14. The Kier molecular flexibility index (Phi) is 4.17. The van der Waals surface area contributed by atoms with Crippen molar-refractivity contribution in [3.63, 3.8) is 0 Å². The summed E-state index contributed by atoms with van der Waals surface area (Å²) in [5, 5.41) is 8.68. The zero-order chi connectivity index (χ0) is 14.5. The lowest BCUT2D eigenvalue weighted by atomic mass is 10.2. The predicted octanol–water partition coefficient (Wildman–Crippen LogP) is 2.83. The van der Waals surface area contributed by atoms with E-state index in [1.807, 2.05) is 42.2 Å². The van der Waals surface area contributed by atoms with E-state index in [0.717, 1.165) is 29.7 Å². The Morgan fingerprint density at radius 1 is 1.10 bits per heavy atom. The van der Waals surface area contributed by atoms with Crippen LogP contribution in [0.4, 0.5) is 0 Å². The fourth-order valence-corrected chi connectivity index (χ4v) is 2.36. The summed E-state index contributed by atoms with van der Waals surface area (Å²) in [6.45, 7) is 2.22. The minimum Gasteiger partial charge on any atom is -0.492 e. The highest BCUT2D eigenvalue weighted by atomic mass is 16.5. The van der Waals surface area contributed by atoms with Crippen molar-refractivity contribution in [1.29, 1.82) is 0 Å². The van der Waals surface area contributed by atoms with Gasteiger partial charge in [0, 0.05) is 11.9 Å². The Labute approximate surface area is 124 Å². The van der Waals surface area contributed by atoms with Gasteiger partial charge in [0.05, 0.1) is 18.3 Å². The molecule has 0 aliphatic heterocycles. The maximum atomic E-state index is 5.78. The lowest BCUT2D eigenvalue weighted by Gasteiger charge is -2.08. The topological polar surface area (TPSA) is 39.1 Å². The Bertz CT molecular complexity index is 703. The van der Waals surface area contributed by atoms with Crippen molar-refractivity contribution >= 4 is 10.9 Å². The van der Waals surface area contributed by atoms with Crippen LogP contribution in [0, 0.1) is 0 Å². The van der Waals surface area contributed by atoms with Gasteiger partial charge >= 0.3 is 0 Å². The van der Waals surface area contributed by atoms with Gasteiger partial charge in [-0.2, -0.15) is 5.10 Å². The van der Waals surface area contributed by atoms with Gasteiger partial charge in [-0.3, -0.25) is 4.68 Å². The molecule has 0 aliphatic carbocycles. The Hall–Kier alpha value is -2.33. The molecule has 4 heteroatoms. The number of nitrogens with zero attached hydrogens (tertiary/aromatic N) is 2. The molecule has 3 rings (SSSR count). The minimum atomic E-state index is 0.608. The molecule has 0 spiro atoms. The van der Waals surface area contributed by atoms with Crippen LogP contribution < -0.4 is 10.1 Å². The summed E-state index contributed by atoms with van der Waals surface area (Å²) >= 11 is 0.